The van der Waals surface area contributed by atoms with E-state index in [9.17, 15) is 0 Å². The van der Waals surface area contributed by atoms with Crippen LogP contribution >= 0.6 is 23.2 Å². The van der Waals surface area contributed by atoms with Crippen molar-refractivity contribution in [3.05, 3.63) is 57.6 Å². The summed E-state index contributed by atoms with van der Waals surface area (Å²) in [6, 6.07) is 7.75. The van der Waals surface area contributed by atoms with Gasteiger partial charge in [0.15, 0.2) is 0 Å². The summed E-state index contributed by atoms with van der Waals surface area (Å²) in [4.78, 5) is 10.9. The summed E-state index contributed by atoms with van der Waals surface area (Å²) in [7, 11) is 0. The first-order valence-corrected chi connectivity index (χ1v) is 7.29. The molecule has 2 heterocycles. The van der Waals surface area contributed by atoms with Crippen LogP contribution in [-0.2, 0) is 13.1 Å². The minimum atomic E-state index is 0.419. The maximum absolute atomic E-state index is 6.19. The van der Waals surface area contributed by atoms with Crippen LogP contribution in [0.1, 0.15) is 23.9 Å². The van der Waals surface area contributed by atoms with Crippen LogP contribution in [0.15, 0.2) is 30.5 Å². The summed E-state index contributed by atoms with van der Waals surface area (Å²) < 4.78 is 0. The smallest absolute Gasteiger partial charge is 0.130 e. The highest BCUT2D eigenvalue weighted by Crippen LogP contribution is 2.20. The highest BCUT2D eigenvalue weighted by Gasteiger charge is 2.09. The molecule has 3 nitrogen and oxygen atoms in total. The van der Waals surface area contributed by atoms with Crippen molar-refractivity contribution in [3.8, 4) is 0 Å². The molecule has 20 heavy (non-hydrogen) atoms. The number of hydrogen-bond acceptors (Lipinski definition) is 3. The van der Waals surface area contributed by atoms with Gasteiger partial charge in [-0.05, 0) is 31.7 Å². The van der Waals surface area contributed by atoms with E-state index in [1.165, 1.54) is 0 Å². The van der Waals surface area contributed by atoms with E-state index in [0.717, 1.165) is 36.6 Å². The minimum Gasteiger partial charge on any atom is -0.293 e. The molecule has 0 unspecified atom stereocenters. The molecule has 2 rings (SSSR count). The Labute approximate surface area is 129 Å². The molecule has 2 aromatic heterocycles. The number of halogens is 2. The Morgan fingerprint density at radius 3 is 2.65 bits per heavy atom. The lowest BCUT2D eigenvalue weighted by atomic mass is 10.2. The van der Waals surface area contributed by atoms with Gasteiger partial charge in [-0.3, -0.25) is 9.88 Å². The maximum atomic E-state index is 6.19. The van der Waals surface area contributed by atoms with E-state index < -0.39 is 0 Å². The van der Waals surface area contributed by atoms with E-state index in [4.69, 9.17) is 23.2 Å². The summed E-state index contributed by atoms with van der Waals surface area (Å²) in [6.45, 7) is 6.55. The molecular formula is C15H17Cl2N3. The van der Waals surface area contributed by atoms with Gasteiger partial charge in [-0.2, -0.15) is 0 Å². The molecule has 0 radical (unpaired) electrons. The molecule has 0 aliphatic carbocycles. The molecule has 106 valence electrons. The molecule has 0 N–H and O–H groups in total. The van der Waals surface area contributed by atoms with E-state index in [1.54, 1.807) is 12.3 Å². The van der Waals surface area contributed by atoms with Gasteiger partial charge in [0.25, 0.3) is 0 Å². The number of nitrogens with zero attached hydrogens (tertiary/aromatic N) is 3. The van der Waals surface area contributed by atoms with Gasteiger partial charge in [0.2, 0.25) is 0 Å². The van der Waals surface area contributed by atoms with Crippen molar-refractivity contribution in [1.29, 1.82) is 0 Å². The van der Waals surface area contributed by atoms with Crippen LogP contribution in [0.2, 0.25) is 10.2 Å². The molecule has 0 aliphatic heterocycles. The van der Waals surface area contributed by atoms with Crippen LogP contribution in [0.3, 0.4) is 0 Å². The molecule has 0 bridgehead atoms. The lowest BCUT2D eigenvalue weighted by Gasteiger charge is -2.20. The zero-order valence-corrected chi connectivity index (χ0v) is 13.1. The van der Waals surface area contributed by atoms with Crippen molar-refractivity contribution in [2.75, 3.05) is 6.54 Å². The number of hydrogen-bond donors (Lipinski definition) is 0. The monoisotopic (exact) mass is 309 g/mol. The summed E-state index contributed by atoms with van der Waals surface area (Å²) in [5.74, 6) is 0. The fourth-order valence-electron chi connectivity index (χ4n) is 1.99. The van der Waals surface area contributed by atoms with Crippen molar-refractivity contribution in [2.24, 2.45) is 0 Å². The fourth-order valence-corrected chi connectivity index (χ4v) is 2.41. The van der Waals surface area contributed by atoms with E-state index in [2.05, 4.69) is 21.8 Å². The maximum Gasteiger partial charge on any atom is 0.130 e. The average molecular weight is 310 g/mol. The quantitative estimate of drug-likeness (QED) is 0.778. The molecule has 0 aromatic carbocycles. The Hall–Kier alpha value is -1.16. The van der Waals surface area contributed by atoms with Crippen molar-refractivity contribution in [3.63, 3.8) is 0 Å². The third kappa shape index (κ3) is 4.17. The van der Waals surface area contributed by atoms with Gasteiger partial charge in [-0.25, -0.2) is 4.98 Å². The predicted molar refractivity (Wildman–Crippen MR) is 83.0 cm³/mol. The first-order chi connectivity index (χ1) is 9.58. The molecule has 0 amide bonds. The number of aromatic nitrogens is 2. The fraction of sp³-hybridized carbons (Fsp3) is 0.333. The second-order valence-electron chi connectivity index (χ2n) is 4.67. The Balaban J connectivity index is 2.09. The Bertz CT molecular complexity index is 587. The number of rotatable bonds is 5. The molecule has 0 aliphatic rings. The van der Waals surface area contributed by atoms with Gasteiger partial charge in [-0.1, -0.05) is 36.2 Å². The topological polar surface area (TPSA) is 29.0 Å². The van der Waals surface area contributed by atoms with E-state index >= 15 is 0 Å². The van der Waals surface area contributed by atoms with Gasteiger partial charge in [0.1, 0.15) is 5.15 Å². The van der Waals surface area contributed by atoms with Gasteiger partial charge in [0, 0.05) is 35.6 Å². The van der Waals surface area contributed by atoms with Crippen LogP contribution in [0.5, 0.6) is 0 Å². The summed E-state index contributed by atoms with van der Waals surface area (Å²) >= 11 is 12.0. The summed E-state index contributed by atoms with van der Waals surface area (Å²) in [5.41, 5.74) is 3.07. The van der Waals surface area contributed by atoms with Crippen LogP contribution in [0, 0.1) is 6.92 Å². The molecular weight excluding hydrogens is 293 g/mol. The second-order valence-corrected chi connectivity index (χ2v) is 5.47. The van der Waals surface area contributed by atoms with E-state index in [0.29, 0.717) is 10.2 Å². The largest absolute Gasteiger partial charge is 0.293 e. The first-order valence-electron chi connectivity index (χ1n) is 6.53. The number of pyridine rings is 2. The van der Waals surface area contributed by atoms with Gasteiger partial charge in [0.05, 0.1) is 5.69 Å². The normalized spacial score (nSPS) is 11.1. The number of aryl methyl sites for hydroxylation is 1. The van der Waals surface area contributed by atoms with E-state index in [1.807, 2.05) is 25.1 Å². The van der Waals surface area contributed by atoms with Crippen molar-refractivity contribution < 1.29 is 0 Å². The van der Waals surface area contributed by atoms with Crippen LogP contribution in [0.25, 0.3) is 0 Å². The van der Waals surface area contributed by atoms with Crippen LogP contribution < -0.4 is 0 Å². The molecule has 0 fully saturated rings. The van der Waals surface area contributed by atoms with Gasteiger partial charge in [-0.15, -0.1) is 0 Å². The zero-order chi connectivity index (χ0) is 14.5. The Morgan fingerprint density at radius 2 is 2.00 bits per heavy atom. The van der Waals surface area contributed by atoms with E-state index in [-0.39, 0.29) is 0 Å². The second kappa shape index (κ2) is 7.02. The SMILES string of the molecule is CCN(Cc1cccc(C)n1)Cc1cnc(Cl)cc1Cl. The Kier molecular flexibility index (Phi) is 5.35. The van der Waals surface area contributed by atoms with Crippen LogP contribution in [0.4, 0.5) is 0 Å². The highest BCUT2D eigenvalue weighted by atomic mass is 35.5. The van der Waals surface area contributed by atoms with Crippen molar-refractivity contribution in [1.82, 2.24) is 14.9 Å². The Morgan fingerprint density at radius 1 is 1.20 bits per heavy atom. The van der Waals surface area contributed by atoms with Gasteiger partial charge >= 0.3 is 0 Å². The first kappa shape index (κ1) is 15.2. The summed E-state index contributed by atoms with van der Waals surface area (Å²) in [5, 5.41) is 1.07. The third-order valence-corrected chi connectivity index (χ3v) is 3.63. The predicted octanol–water partition coefficient (Wildman–Crippen LogP) is 4.11. The lowest BCUT2D eigenvalue weighted by Crippen LogP contribution is -2.23. The minimum absolute atomic E-state index is 0.419. The zero-order valence-electron chi connectivity index (χ0n) is 11.6. The average Bonchev–Trinajstić information content (AvgIpc) is 2.41. The molecule has 2 aromatic rings. The third-order valence-electron chi connectivity index (χ3n) is 3.07. The molecule has 0 spiro atoms. The van der Waals surface area contributed by atoms with Crippen molar-refractivity contribution >= 4 is 23.2 Å². The standard InChI is InChI=1S/C15H17Cl2N3/c1-3-20(10-13-6-4-5-11(2)19-13)9-12-8-18-15(17)7-14(12)16/h4-8H,3,9-10H2,1-2H3. The molecule has 0 saturated heterocycles. The summed E-state index contributed by atoms with van der Waals surface area (Å²) in [6.07, 6.45) is 1.73. The van der Waals surface area contributed by atoms with Gasteiger partial charge < -0.3 is 0 Å². The molecule has 0 saturated carbocycles. The molecule has 0 atom stereocenters. The molecule has 5 heteroatoms. The van der Waals surface area contributed by atoms with Crippen molar-refractivity contribution in [2.45, 2.75) is 26.9 Å². The van der Waals surface area contributed by atoms with Crippen LogP contribution in [-0.4, -0.2) is 21.4 Å². The lowest BCUT2D eigenvalue weighted by molar-refractivity contribution is 0.268. The highest BCUT2D eigenvalue weighted by molar-refractivity contribution is 6.34.